The highest BCUT2D eigenvalue weighted by molar-refractivity contribution is 6.07. The molecule has 2 aromatic carbocycles. The molecule has 0 spiro atoms. The minimum absolute atomic E-state index is 0.0317. The number of anilines is 1. The molecular formula is C21H19N3O2. The normalized spacial score (nSPS) is 11.1. The molecule has 26 heavy (non-hydrogen) atoms. The van der Waals surface area contributed by atoms with Gasteiger partial charge < -0.3 is 14.9 Å². The number of ketones is 1. The number of para-hydroxylation sites is 1. The summed E-state index contributed by atoms with van der Waals surface area (Å²) in [5.74, 6) is -0.0220. The number of nitrogens with one attached hydrogen (secondary N) is 2. The predicted molar refractivity (Wildman–Crippen MR) is 103 cm³/mol. The third kappa shape index (κ3) is 2.99. The van der Waals surface area contributed by atoms with Crippen LogP contribution in [0.2, 0.25) is 0 Å². The SMILES string of the molecule is CC(=O)c1cn(CCC(=O)Nc2ccc3[nH]ccc3c2)c2ccccc12. The van der Waals surface area contributed by atoms with E-state index < -0.39 is 0 Å². The zero-order valence-electron chi connectivity index (χ0n) is 14.5. The van der Waals surface area contributed by atoms with Crippen molar-refractivity contribution in [3.05, 3.63) is 66.5 Å². The number of hydrogen-bond acceptors (Lipinski definition) is 2. The van der Waals surface area contributed by atoms with E-state index >= 15 is 0 Å². The van der Waals surface area contributed by atoms with Crippen molar-refractivity contribution in [2.45, 2.75) is 19.9 Å². The summed E-state index contributed by atoms with van der Waals surface area (Å²) in [4.78, 5) is 27.3. The number of Topliss-reactive ketones (excluding diaryl/α,β-unsaturated/α-hetero) is 1. The molecule has 0 fully saturated rings. The van der Waals surface area contributed by atoms with Crippen molar-refractivity contribution in [2.75, 3.05) is 5.32 Å². The molecule has 130 valence electrons. The van der Waals surface area contributed by atoms with E-state index in [4.69, 9.17) is 0 Å². The van der Waals surface area contributed by atoms with Crippen LogP contribution in [-0.2, 0) is 11.3 Å². The molecule has 2 N–H and O–H groups in total. The van der Waals surface area contributed by atoms with Gasteiger partial charge in [-0.25, -0.2) is 0 Å². The van der Waals surface area contributed by atoms with E-state index in [1.807, 2.05) is 65.5 Å². The van der Waals surface area contributed by atoms with Gasteiger partial charge in [0.25, 0.3) is 0 Å². The van der Waals surface area contributed by atoms with Crippen molar-refractivity contribution >= 4 is 39.2 Å². The van der Waals surface area contributed by atoms with Gasteiger partial charge in [0.2, 0.25) is 5.91 Å². The van der Waals surface area contributed by atoms with E-state index in [1.54, 1.807) is 6.92 Å². The number of carbonyl (C=O) groups excluding carboxylic acids is 2. The summed E-state index contributed by atoms with van der Waals surface area (Å²) >= 11 is 0. The predicted octanol–water partition coefficient (Wildman–Crippen LogP) is 4.35. The highest BCUT2D eigenvalue weighted by atomic mass is 16.1. The second kappa shape index (κ2) is 6.52. The van der Waals surface area contributed by atoms with E-state index in [9.17, 15) is 9.59 Å². The number of aryl methyl sites for hydroxylation is 1. The number of H-pyrrole nitrogens is 1. The number of rotatable bonds is 5. The lowest BCUT2D eigenvalue weighted by molar-refractivity contribution is -0.116. The molecule has 2 heterocycles. The number of amides is 1. The van der Waals surface area contributed by atoms with Crippen LogP contribution in [0.25, 0.3) is 21.8 Å². The molecule has 0 aliphatic rings. The van der Waals surface area contributed by atoms with Gasteiger partial charge in [0.15, 0.2) is 5.78 Å². The van der Waals surface area contributed by atoms with Crippen LogP contribution in [-0.4, -0.2) is 21.2 Å². The second-order valence-electron chi connectivity index (χ2n) is 6.39. The first-order valence-corrected chi connectivity index (χ1v) is 8.57. The number of carbonyl (C=O) groups is 2. The second-order valence-corrected chi connectivity index (χ2v) is 6.39. The number of nitrogens with zero attached hydrogens (tertiary/aromatic N) is 1. The van der Waals surface area contributed by atoms with Gasteiger partial charge in [-0.05, 0) is 37.3 Å². The fraction of sp³-hybridized carbons (Fsp3) is 0.143. The lowest BCUT2D eigenvalue weighted by Crippen LogP contribution is -2.14. The fourth-order valence-corrected chi connectivity index (χ4v) is 3.29. The van der Waals surface area contributed by atoms with Gasteiger partial charge >= 0.3 is 0 Å². The largest absolute Gasteiger partial charge is 0.361 e. The zero-order chi connectivity index (χ0) is 18.1. The van der Waals surface area contributed by atoms with Gasteiger partial charge in [0.05, 0.1) is 0 Å². The van der Waals surface area contributed by atoms with Crippen LogP contribution in [0, 0.1) is 0 Å². The molecule has 4 aromatic rings. The standard InChI is InChI=1S/C21H19N3O2/c1-14(25)18-13-24(20-5-3-2-4-17(18)20)11-9-21(26)23-16-6-7-19-15(12-16)8-10-22-19/h2-8,10,12-13,22H,9,11H2,1H3,(H,23,26). The Kier molecular flexibility index (Phi) is 4.05. The van der Waals surface area contributed by atoms with Gasteiger partial charge in [-0.3, -0.25) is 9.59 Å². The molecule has 0 unspecified atom stereocenters. The van der Waals surface area contributed by atoms with E-state index in [1.165, 1.54) is 0 Å². The summed E-state index contributed by atoms with van der Waals surface area (Å²) in [5.41, 5.74) is 3.49. The first-order chi connectivity index (χ1) is 12.6. The Labute approximate surface area is 150 Å². The molecule has 0 aliphatic carbocycles. The van der Waals surface area contributed by atoms with Gasteiger partial charge in [-0.1, -0.05) is 18.2 Å². The van der Waals surface area contributed by atoms with Crippen LogP contribution in [0.15, 0.2) is 60.9 Å². The number of aromatic amines is 1. The van der Waals surface area contributed by atoms with Gasteiger partial charge in [-0.2, -0.15) is 0 Å². The Morgan fingerprint density at radius 2 is 1.96 bits per heavy atom. The highest BCUT2D eigenvalue weighted by Gasteiger charge is 2.12. The highest BCUT2D eigenvalue weighted by Crippen LogP contribution is 2.22. The van der Waals surface area contributed by atoms with Crippen LogP contribution in [0.3, 0.4) is 0 Å². The van der Waals surface area contributed by atoms with Crippen LogP contribution < -0.4 is 5.32 Å². The molecule has 5 heteroatoms. The molecule has 5 nitrogen and oxygen atoms in total. The summed E-state index contributed by atoms with van der Waals surface area (Å²) in [6.45, 7) is 2.09. The average molecular weight is 345 g/mol. The van der Waals surface area contributed by atoms with E-state index in [2.05, 4.69) is 10.3 Å². The average Bonchev–Trinajstić information content (AvgIpc) is 3.24. The van der Waals surface area contributed by atoms with E-state index in [0.29, 0.717) is 18.5 Å². The Morgan fingerprint density at radius 1 is 1.12 bits per heavy atom. The smallest absolute Gasteiger partial charge is 0.226 e. The molecule has 0 aliphatic heterocycles. The van der Waals surface area contributed by atoms with Crippen LogP contribution >= 0.6 is 0 Å². The maximum Gasteiger partial charge on any atom is 0.226 e. The molecule has 0 saturated heterocycles. The summed E-state index contributed by atoms with van der Waals surface area (Å²) in [6.07, 6.45) is 4.05. The van der Waals surface area contributed by atoms with Crippen molar-refractivity contribution in [3.8, 4) is 0 Å². The summed E-state index contributed by atoms with van der Waals surface area (Å²) in [7, 11) is 0. The quantitative estimate of drug-likeness (QED) is 0.528. The molecule has 0 atom stereocenters. The summed E-state index contributed by atoms with van der Waals surface area (Å²) in [5, 5.41) is 4.93. The third-order valence-corrected chi connectivity index (χ3v) is 4.58. The number of aromatic nitrogens is 2. The van der Waals surface area contributed by atoms with Gasteiger partial charge in [0.1, 0.15) is 0 Å². The molecular weight excluding hydrogens is 326 g/mol. The lowest BCUT2D eigenvalue weighted by Gasteiger charge is -2.07. The Balaban J connectivity index is 1.49. The fourth-order valence-electron chi connectivity index (χ4n) is 3.29. The number of fused-ring (bicyclic) bond motifs is 2. The van der Waals surface area contributed by atoms with E-state index in [-0.39, 0.29) is 11.7 Å². The van der Waals surface area contributed by atoms with Crippen molar-refractivity contribution in [1.29, 1.82) is 0 Å². The Morgan fingerprint density at radius 3 is 2.81 bits per heavy atom. The molecule has 0 saturated carbocycles. The van der Waals surface area contributed by atoms with Gasteiger partial charge in [0, 0.05) is 58.4 Å². The van der Waals surface area contributed by atoms with Crippen LogP contribution in [0.1, 0.15) is 23.7 Å². The van der Waals surface area contributed by atoms with Crippen molar-refractivity contribution < 1.29 is 9.59 Å². The minimum atomic E-state index is -0.0537. The minimum Gasteiger partial charge on any atom is -0.361 e. The van der Waals surface area contributed by atoms with Gasteiger partial charge in [-0.15, -0.1) is 0 Å². The summed E-state index contributed by atoms with van der Waals surface area (Å²) in [6, 6.07) is 15.5. The molecule has 1 amide bonds. The van der Waals surface area contributed by atoms with Crippen molar-refractivity contribution in [2.24, 2.45) is 0 Å². The first-order valence-electron chi connectivity index (χ1n) is 8.57. The third-order valence-electron chi connectivity index (χ3n) is 4.58. The molecule has 0 bridgehead atoms. The molecule has 2 aromatic heterocycles. The zero-order valence-corrected chi connectivity index (χ0v) is 14.5. The monoisotopic (exact) mass is 345 g/mol. The van der Waals surface area contributed by atoms with Crippen LogP contribution in [0.5, 0.6) is 0 Å². The molecule has 0 radical (unpaired) electrons. The molecule has 4 rings (SSSR count). The maximum absolute atomic E-state index is 12.3. The van der Waals surface area contributed by atoms with Crippen molar-refractivity contribution in [1.82, 2.24) is 9.55 Å². The Hall–Kier alpha value is -3.34. The maximum atomic E-state index is 12.3. The topological polar surface area (TPSA) is 66.9 Å². The number of hydrogen-bond donors (Lipinski definition) is 2. The van der Waals surface area contributed by atoms with Crippen LogP contribution in [0.4, 0.5) is 5.69 Å². The lowest BCUT2D eigenvalue weighted by atomic mass is 10.1. The number of benzene rings is 2. The Bertz CT molecular complexity index is 1120. The van der Waals surface area contributed by atoms with Crippen molar-refractivity contribution in [3.63, 3.8) is 0 Å². The first kappa shape index (κ1) is 16.1. The van der Waals surface area contributed by atoms with E-state index in [0.717, 1.165) is 27.5 Å². The summed E-state index contributed by atoms with van der Waals surface area (Å²) < 4.78 is 1.97.